The molecule has 0 bridgehead atoms. The van der Waals surface area contributed by atoms with Gasteiger partial charge in [0.15, 0.2) is 9.84 Å². The fraction of sp³-hybridized carbons (Fsp3) is 0.440. The van der Waals surface area contributed by atoms with E-state index >= 15 is 0 Å². The molecule has 0 fully saturated rings. The zero-order valence-electron chi connectivity index (χ0n) is 19.7. The maximum absolute atomic E-state index is 13.5. The van der Waals surface area contributed by atoms with Gasteiger partial charge >= 0.3 is 5.97 Å². The number of nitrogens with zero attached hydrogens (tertiary/aromatic N) is 1. The third-order valence-electron chi connectivity index (χ3n) is 6.37. The first kappa shape index (κ1) is 24.5. The molecule has 0 aliphatic heterocycles. The molecule has 4 rings (SSSR count). The second-order valence-corrected chi connectivity index (χ2v) is 11.8. The second-order valence-electron chi connectivity index (χ2n) is 8.46. The number of aryl methyl sites for hydroxylation is 2. The third kappa shape index (κ3) is 4.38. The van der Waals surface area contributed by atoms with Gasteiger partial charge in [0.25, 0.3) is 0 Å². The van der Waals surface area contributed by atoms with Crippen molar-refractivity contribution < 1.29 is 22.7 Å². The molecule has 1 atom stereocenters. The van der Waals surface area contributed by atoms with Gasteiger partial charge in [0.2, 0.25) is 5.91 Å². The van der Waals surface area contributed by atoms with Gasteiger partial charge in [0.1, 0.15) is 10.3 Å². The van der Waals surface area contributed by atoms with Crippen LogP contribution in [-0.2, 0) is 38.8 Å². The van der Waals surface area contributed by atoms with Gasteiger partial charge < -0.3 is 14.6 Å². The lowest BCUT2D eigenvalue weighted by Crippen LogP contribution is -2.32. The van der Waals surface area contributed by atoms with Crippen molar-refractivity contribution in [1.29, 1.82) is 0 Å². The van der Waals surface area contributed by atoms with Crippen molar-refractivity contribution in [3.8, 4) is 0 Å². The van der Waals surface area contributed by atoms with E-state index in [2.05, 4.69) is 5.32 Å². The number of hydrogen-bond acceptors (Lipinski definition) is 6. The molecule has 3 aromatic rings. The first-order chi connectivity index (χ1) is 16.3. The smallest absolute Gasteiger partial charge is 0.341 e. The quantitative estimate of drug-likeness (QED) is 0.364. The van der Waals surface area contributed by atoms with E-state index in [1.54, 1.807) is 25.3 Å². The number of carbonyl (C=O) groups is 2. The van der Waals surface area contributed by atoms with E-state index in [0.717, 1.165) is 48.1 Å². The molecule has 182 valence electrons. The summed E-state index contributed by atoms with van der Waals surface area (Å²) in [5, 5.41) is 2.41. The largest absolute Gasteiger partial charge is 0.462 e. The minimum absolute atomic E-state index is 0.139. The van der Waals surface area contributed by atoms with Gasteiger partial charge in [-0.05, 0) is 58.1 Å². The number of esters is 1. The molecule has 9 heteroatoms. The van der Waals surface area contributed by atoms with E-state index in [1.807, 2.05) is 23.6 Å². The van der Waals surface area contributed by atoms with Gasteiger partial charge in [-0.25, -0.2) is 13.2 Å². The molecule has 0 spiro atoms. The average molecular weight is 503 g/mol. The second kappa shape index (κ2) is 9.92. The minimum atomic E-state index is -3.97. The normalized spacial score (nSPS) is 14.9. The van der Waals surface area contributed by atoms with Gasteiger partial charge in [-0.3, -0.25) is 4.79 Å². The van der Waals surface area contributed by atoms with Crippen LogP contribution in [0, 0.1) is 0 Å². The number of sulfone groups is 1. The number of fused-ring (bicyclic) bond motifs is 2. The Kier molecular flexibility index (Phi) is 7.14. The summed E-state index contributed by atoms with van der Waals surface area (Å²) < 4.78 is 34.1. The number of nitrogens with one attached hydrogen (secondary N) is 1. The van der Waals surface area contributed by atoms with E-state index in [9.17, 15) is 18.0 Å². The van der Waals surface area contributed by atoms with Crippen LogP contribution in [0.5, 0.6) is 0 Å². The molecule has 1 aliphatic carbocycles. The highest BCUT2D eigenvalue weighted by Gasteiger charge is 2.34. The predicted molar refractivity (Wildman–Crippen MR) is 134 cm³/mol. The van der Waals surface area contributed by atoms with E-state index in [1.165, 1.54) is 18.3 Å². The summed E-state index contributed by atoms with van der Waals surface area (Å²) in [5.41, 5.74) is 2.12. The Morgan fingerprint density at radius 1 is 1.15 bits per heavy atom. The summed E-state index contributed by atoms with van der Waals surface area (Å²) in [5.74, 6) is -1.13. The van der Waals surface area contributed by atoms with E-state index in [-0.39, 0.29) is 11.5 Å². The topological polar surface area (TPSA) is 94.5 Å². The molecule has 1 amide bonds. The van der Waals surface area contributed by atoms with Crippen LogP contribution in [0.15, 0.2) is 35.4 Å². The standard InChI is InChI=1S/C25H30N2O5S2/c1-4-27-15-21(17-11-9-10-13-19(17)27)34(30,31)16(3)23(28)26-24-22(25(29)32-5-2)18-12-7-6-8-14-20(18)33-24/h9-11,13,15-16H,4-8,12,14H2,1-3H3,(H,26,28)/t16-/m0/s1. The van der Waals surface area contributed by atoms with Crippen molar-refractivity contribution in [1.82, 2.24) is 4.57 Å². The summed E-state index contributed by atoms with van der Waals surface area (Å²) in [7, 11) is -3.97. The fourth-order valence-corrected chi connectivity index (χ4v) is 7.25. The molecule has 1 aliphatic rings. The first-order valence-corrected chi connectivity index (χ1v) is 14.1. The van der Waals surface area contributed by atoms with E-state index in [4.69, 9.17) is 4.74 Å². The monoisotopic (exact) mass is 502 g/mol. The highest BCUT2D eigenvalue weighted by molar-refractivity contribution is 7.93. The summed E-state index contributed by atoms with van der Waals surface area (Å²) >= 11 is 1.36. The summed E-state index contributed by atoms with van der Waals surface area (Å²) in [6, 6.07) is 7.27. The Hall–Kier alpha value is -2.65. The predicted octanol–water partition coefficient (Wildman–Crippen LogP) is 4.97. The zero-order chi connectivity index (χ0) is 24.5. The van der Waals surface area contributed by atoms with Crippen LogP contribution in [-0.4, -0.2) is 36.7 Å². The lowest BCUT2D eigenvalue weighted by atomic mass is 10.1. The van der Waals surface area contributed by atoms with Crippen molar-refractivity contribution >= 4 is 49.0 Å². The molecule has 2 heterocycles. The number of ether oxygens (including phenoxy) is 1. The number of benzene rings is 1. The highest BCUT2D eigenvalue weighted by atomic mass is 32.2. The first-order valence-electron chi connectivity index (χ1n) is 11.7. The summed E-state index contributed by atoms with van der Waals surface area (Å²) in [4.78, 5) is 27.2. The molecule has 0 unspecified atom stereocenters. The highest BCUT2D eigenvalue weighted by Crippen LogP contribution is 2.38. The lowest BCUT2D eigenvalue weighted by Gasteiger charge is -2.13. The van der Waals surface area contributed by atoms with Crippen LogP contribution in [0.25, 0.3) is 10.9 Å². The Labute approximate surface area is 204 Å². The maximum atomic E-state index is 13.5. The Morgan fingerprint density at radius 3 is 2.62 bits per heavy atom. The van der Waals surface area contributed by atoms with Crippen LogP contribution in [0.3, 0.4) is 0 Å². The number of amides is 1. The molecular formula is C25H30N2O5S2. The molecule has 0 radical (unpaired) electrons. The fourth-order valence-electron chi connectivity index (χ4n) is 4.50. The van der Waals surface area contributed by atoms with Crippen LogP contribution in [0.2, 0.25) is 0 Å². The number of thiophene rings is 1. The van der Waals surface area contributed by atoms with Crippen molar-refractivity contribution in [3.05, 3.63) is 46.5 Å². The lowest BCUT2D eigenvalue weighted by molar-refractivity contribution is -0.115. The third-order valence-corrected chi connectivity index (χ3v) is 9.66. The molecule has 1 N–H and O–H groups in total. The van der Waals surface area contributed by atoms with Gasteiger partial charge in [0, 0.05) is 28.5 Å². The number of hydrogen-bond donors (Lipinski definition) is 1. The Morgan fingerprint density at radius 2 is 1.88 bits per heavy atom. The van der Waals surface area contributed by atoms with Gasteiger partial charge in [-0.2, -0.15) is 0 Å². The minimum Gasteiger partial charge on any atom is -0.462 e. The van der Waals surface area contributed by atoms with Gasteiger partial charge in [0.05, 0.1) is 17.1 Å². The molecular weight excluding hydrogens is 472 g/mol. The maximum Gasteiger partial charge on any atom is 0.341 e. The molecule has 0 saturated carbocycles. The van der Waals surface area contributed by atoms with Crippen molar-refractivity contribution in [2.75, 3.05) is 11.9 Å². The number of anilines is 1. The summed E-state index contributed by atoms with van der Waals surface area (Å²) in [6.07, 6.45) is 6.27. The van der Waals surface area contributed by atoms with Crippen molar-refractivity contribution in [2.45, 2.75) is 69.6 Å². The summed E-state index contributed by atoms with van der Waals surface area (Å²) in [6.45, 7) is 5.91. The van der Waals surface area contributed by atoms with Crippen molar-refractivity contribution in [3.63, 3.8) is 0 Å². The number of aromatic nitrogens is 1. The van der Waals surface area contributed by atoms with Gasteiger partial charge in [-0.1, -0.05) is 24.6 Å². The number of carbonyl (C=O) groups excluding carboxylic acids is 2. The van der Waals surface area contributed by atoms with E-state index < -0.39 is 27.0 Å². The molecule has 1 aromatic carbocycles. The Balaban J connectivity index is 1.68. The molecule has 2 aromatic heterocycles. The van der Waals surface area contributed by atoms with Crippen LogP contribution in [0.4, 0.5) is 5.00 Å². The number of rotatable bonds is 7. The number of para-hydroxylation sites is 1. The van der Waals surface area contributed by atoms with Crippen LogP contribution in [0.1, 0.15) is 60.8 Å². The SMILES string of the molecule is CCOC(=O)c1c(NC(=O)[C@H](C)S(=O)(=O)c2cn(CC)c3ccccc23)sc2c1CCCCC2. The Bertz CT molecular complexity index is 1340. The van der Waals surface area contributed by atoms with Gasteiger partial charge in [-0.15, -0.1) is 11.3 Å². The van der Waals surface area contributed by atoms with Crippen LogP contribution >= 0.6 is 11.3 Å². The van der Waals surface area contributed by atoms with Crippen LogP contribution < -0.4 is 5.32 Å². The molecule has 0 saturated heterocycles. The van der Waals surface area contributed by atoms with E-state index in [0.29, 0.717) is 22.5 Å². The van der Waals surface area contributed by atoms with Crippen molar-refractivity contribution in [2.24, 2.45) is 0 Å². The molecule has 7 nitrogen and oxygen atoms in total. The average Bonchev–Trinajstić information content (AvgIpc) is 3.28. The molecule has 34 heavy (non-hydrogen) atoms. The zero-order valence-corrected chi connectivity index (χ0v) is 21.4.